The maximum atomic E-state index is 13.5. The van der Waals surface area contributed by atoms with Crippen LogP contribution in [0.15, 0.2) is 83.8 Å². The van der Waals surface area contributed by atoms with Gasteiger partial charge in [-0.2, -0.15) is 22.7 Å². The van der Waals surface area contributed by atoms with Gasteiger partial charge in [-0.05, 0) is 54.7 Å². The molecule has 1 atom stereocenters. The molecule has 0 aromatic heterocycles. The Bertz CT molecular complexity index is 1470. The molecule has 3 aromatic rings. The zero-order valence-corrected chi connectivity index (χ0v) is 21.5. The lowest BCUT2D eigenvalue weighted by atomic mass is 9.76. The van der Waals surface area contributed by atoms with Crippen molar-refractivity contribution in [2.75, 3.05) is 18.4 Å². The predicted octanol–water partition coefficient (Wildman–Crippen LogP) is 4.59. The molecule has 0 saturated carbocycles. The summed E-state index contributed by atoms with van der Waals surface area (Å²) in [5.41, 5.74) is -3.43. The summed E-state index contributed by atoms with van der Waals surface area (Å²) in [5, 5.41) is 23.2. The molecule has 1 fully saturated rings. The molecule has 0 aliphatic carbocycles. The Balaban J connectivity index is 1.59. The minimum atomic E-state index is -4.82. The number of benzene rings is 3. The highest BCUT2D eigenvalue weighted by atomic mass is 32.2. The van der Waals surface area contributed by atoms with Crippen molar-refractivity contribution >= 4 is 21.6 Å². The lowest BCUT2D eigenvalue weighted by molar-refractivity contribution is -0.142. The monoisotopic (exact) mass is 557 g/mol. The molecular formula is C28H26F3N3O4S. The quantitative estimate of drug-likeness (QED) is 0.442. The maximum Gasteiger partial charge on any atom is 0.417 e. The summed E-state index contributed by atoms with van der Waals surface area (Å²) in [6, 6.07) is 20.9. The van der Waals surface area contributed by atoms with Crippen LogP contribution < -0.4 is 5.32 Å². The van der Waals surface area contributed by atoms with Gasteiger partial charge in [0.25, 0.3) is 5.91 Å². The fraction of sp³-hybridized carbons (Fsp3) is 0.286. The number of nitrogens with one attached hydrogen (secondary N) is 1. The molecule has 1 heterocycles. The van der Waals surface area contributed by atoms with Gasteiger partial charge < -0.3 is 10.4 Å². The van der Waals surface area contributed by atoms with Gasteiger partial charge in [-0.15, -0.1) is 0 Å². The average molecular weight is 558 g/mol. The molecule has 1 amide bonds. The number of carbonyl (C=O) groups excluding carboxylic acids is 1. The molecule has 11 heteroatoms. The summed E-state index contributed by atoms with van der Waals surface area (Å²) >= 11 is 0. The number of hydrogen-bond acceptors (Lipinski definition) is 5. The lowest BCUT2D eigenvalue weighted by Crippen LogP contribution is -2.54. The molecule has 1 saturated heterocycles. The van der Waals surface area contributed by atoms with Crippen molar-refractivity contribution in [3.63, 3.8) is 0 Å². The van der Waals surface area contributed by atoms with E-state index in [1.807, 2.05) is 0 Å². The molecule has 3 aromatic carbocycles. The number of carbonyl (C=O) groups is 1. The van der Waals surface area contributed by atoms with E-state index in [1.165, 1.54) is 28.6 Å². The fourth-order valence-corrected chi connectivity index (χ4v) is 6.32. The molecule has 1 aliphatic heterocycles. The molecule has 0 radical (unpaired) electrons. The minimum Gasteiger partial charge on any atom is -0.379 e. The fourth-order valence-electron chi connectivity index (χ4n) is 4.83. The van der Waals surface area contributed by atoms with Gasteiger partial charge in [0.05, 0.1) is 22.1 Å². The largest absolute Gasteiger partial charge is 0.417 e. The number of aliphatic hydroxyl groups is 1. The molecule has 2 N–H and O–H groups in total. The van der Waals surface area contributed by atoms with Crippen LogP contribution in [0.2, 0.25) is 0 Å². The molecule has 204 valence electrons. The number of sulfonamides is 1. The van der Waals surface area contributed by atoms with E-state index >= 15 is 0 Å². The van der Waals surface area contributed by atoms with Crippen LogP contribution in [0.3, 0.4) is 0 Å². The smallest absolute Gasteiger partial charge is 0.379 e. The van der Waals surface area contributed by atoms with Crippen LogP contribution in [0.5, 0.6) is 0 Å². The zero-order chi connectivity index (χ0) is 28.3. The Kier molecular flexibility index (Phi) is 8.11. The predicted molar refractivity (Wildman–Crippen MR) is 138 cm³/mol. The molecular weight excluding hydrogens is 531 g/mol. The van der Waals surface area contributed by atoms with Crippen LogP contribution in [0.1, 0.15) is 29.5 Å². The Morgan fingerprint density at radius 1 is 1.00 bits per heavy atom. The van der Waals surface area contributed by atoms with E-state index in [9.17, 15) is 31.5 Å². The van der Waals surface area contributed by atoms with Crippen LogP contribution >= 0.6 is 0 Å². The van der Waals surface area contributed by atoms with Gasteiger partial charge in [-0.3, -0.25) is 4.79 Å². The number of hydrogen-bond donors (Lipinski definition) is 2. The van der Waals surface area contributed by atoms with E-state index in [4.69, 9.17) is 5.26 Å². The molecule has 0 bridgehead atoms. The number of halogens is 3. The first kappa shape index (κ1) is 28.3. The number of anilines is 1. The molecule has 0 spiro atoms. The summed E-state index contributed by atoms with van der Waals surface area (Å²) in [5.74, 6) is -1.59. The van der Waals surface area contributed by atoms with Crippen LogP contribution in [0.25, 0.3) is 0 Å². The van der Waals surface area contributed by atoms with Gasteiger partial charge in [-0.1, -0.05) is 48.5 Å². The number of alkyl halides is 3. The van der Waals surface area contributed by atoms with Crippen molar-refractivity contribution in [3.8, 4) is 6.07 Å². The second-order valence-electron chi connectivity index (χ2n) is 9.40. The average Bonchev–Trinajstić information content (AvgIpc) is 2.93. The highest BCUT2D eigenvalue weighted by molar-refractivity contribution is 7.89. The van der Waals surface area contributed by atoms with Crippen LogP contribution in [0.4, 0.5) is 18.9 Å². The van der Waals surface area contributed by atoms with Crippen molar-refractivity contribution in [1.29, 1.82) is 5.26 Å². The second kappa shape index (κ2) is 11.2. The normalized spacial score (nSPS) is 16.7. The van der Waals surface area contributed by atoms with Gasteiger partial charge in [0.1, 0.15) is 5.60 Å². The zero-order valence-electron chi connectivity index (χ0n) is 20.7. The number of amides is 1. The molecule has 39 heavy (non-hydrogen) atoms. The second-order valence-corrected chi connectivity index (χ2v) is 11.3. The number of nitrogens with zero attached hydrogens (tertiary/aromatic N) is 2. The summed E-state index contributed by atoms with van der Waals surface area (Å²) in [4.78, 5) is 13.7. The summed E-state index contributed by atoms with van der Waals surface area (Å²) in [7, 11) is -3.77. The number of piperidine rings is 1. The van der Waals surface area contributed by atoms with Crippen LogP contribution in [0, 0.1) is 17.2 Å². The highest BCUT2D eigenvalue weighted by Crippen LogP contribution is 2.36. The summed E-state index contributed by atoms with van der Waals surface area (Å²) < 4.78 is 67.8. The Labute approximate surface area is 224 Å². The maximum absolute atomic E-state index is 13.5. The van der Waals surface area contributed by atoms with E-state index < -0.39 is 44.8 Å². The van der Waals surface area contributed by atoms with Crippen molar-refractivity contribution in [2.24, 2.45) is 5.92 Å². The lowest BCUT2D eigenvalue weighted by Gasteiger charge is -2.40. The molecule has 1 aliphatic rings. The van der Waals surface area contributed by atoms with Gasteiger partial charge in [0, 0.05) is 25.2 Å². The highest BCUT2D eigenvalue weighted by Gasteiger charge is 2.46. The van der Waals surface area contributed by atoms with E-state index in [0.717, 1.165) is 6.07 Å². The van der Waals surface area contributed by atoms with Gasteiger partial charge in [0.2, 0.25) is 10.0 Å². The Morgan fingerprint density at radius 2 is 1.59 bits per heavy atom. The van der Waals surface area contributed by atoms with Gasteiger partial charge in [0.15, 0.2) is 0 Å². The van der Waals surface area contributed by atoms with Crippen molar-refractivity contribution in [1.82, 2.24) is 4.31 Å². The third-order valence-electron chi connectivity index (χ3n) is 6.92. The van der Waals surface area contributed by atoms with E-state index in [-0.39, 0.29) is 42.9 Å². The van der Waals surface area contributed by atoms with Crippen molar-refractivity contribution < 1.29 is 31.5 Å². The van der Waals surface area contributed by atoms with Crippen LogP contribution in [-0.2, 0) is 27.4 Å². The van der Waals surface area contributed by atoms with E-state index in [1.54, 1.807) is 48.5 Å². The third kappa shape index (κ3) is 6.14. The first-order valence-corrected chi connectivity index (χ1v) is 13.6. The van der Waals surface area contributed by atoms with E-state index in [0.29, 0.717) is 11.6 Å². The van der Waals surface area contributed by atoms with E-state index in [2.05, 4.69) is 5.32 Å². The summed E-state index contributed by atoms with van der Waals surface area (Å²) in [6.45, 7) is 0.114. The van der Waals surface area contributed by atoms with Crippen molar-refractivity contribution in [3.05, 3.63) is 95.6 Å². The topological polar surface area (TPSA) is 110 Å². The Morgan fingerprint density at radius 3 is 2.15 bits per heavy atom. The molecule has 7 nitrogen and oxygen atoms in total. The SMILES string of the molecule is N#Cc1ccc(NC(=O)C(O)(Cc2ccccc2)C2CCN(S(=O)(=O)c3ccccc3)CC2)cc1C(F)(F)F. The van der Waals surface area contributed by atoms with Gasteiger partial charge in [-0.25, -0.2) is 8.42 Å². The first-order valence-electron chi connectivity index (χ1n) is 12.2. The molecule has 1 unspecified atom stereocenters. The number of rotatable bonds is 7. The van der Waals surface area contributed by atoms with Crippen LogP contribution in [-0.4, -0.2) is 42.4 Å². The minimum absolute atomic E-state index is 0.0569. The first-order chi connectivity index (χ1) is 18.4. The standard InChI is InChI=1S/C28H26F3N3O4S/c29-28(30,31)25-17-23(12-11-21(25)19-32)33-26(35)27(36,18-20-7-3-1-4-8-20)22-13-15-34(16-14-22)39(37,38)24-9-5-2-6-10-24/h1-12,17,22,36H,13-16,18H2,(H,33,35). The molecule has 4 rings (SSSR count). The number of nitriles is 1. The van der Waals surface area contributed by atoms with Gasteiger partial charge >= 0.3 is 6.18 Å². The Hall–Kier alpha value is -3.72. The third-order valence-corrected chi connectivity index (χ3v) is 8.84. The van der Waals surface area contributed by atoms with Crippen molar-refractivity contribution in [2.45, 2.75) is 35.9 Å². The summed E-state index contributed by atoms with van der Waals surface area (Å²) in [6.07, 6.45) is -4.63.